The average Bonchev–Trinajstić information content (AvgIpc) is 3.64. The van der Waals surface area contributed by atoms with Gasteiger partial charge in [-0.1, -0.05) is 51.0 Å². The number of hydrogen-bond donors (Lipinski definition) is 0. The minimum absolute atomic E-state index is 0.00605. The normalized spacial score (nSPS) is 40.9. The molecule has 1 saturated heterocycles. The molecule has 7 atom stereocenters. The van der Waals surface area contributed by atoms with Crippen LogP contribution in [0, 0.1) is 45.8 Å². The maximum Gasteiger partial charge on any atom is 0.318 e. The number of fused-ring (bicyclic) bond motifs is 2. The second-order valence-electron chi connectivity index (χ2n) is 12.1. The van der Waals surface area contributed by atoms with Gasteiger partial charge < -0.3 is 23.7 Å². The third-order valence-corrected chi connectivity index (χ3v) is 10.6. The van der Waals surface area contributed by atoms with Gasteiger partial charge in [0.25, 0.3) is 0 Å². The number of ether oxygens (including phenoxy) is 4. The van der Waals surface area contributed by atoms with Crippen LogP contribution in [0.2, 0.25) is 0 Å². The summed E-state index contributed by atoms with van der Waals surface area (Å²) in [5.74, 6) is 1.77. The summed E-state index contributed by atoms with van der Waals surface area (Å²) in [5.41, 5.74) is -0.508. The van der Waals surface area contributed by atoms with E-state index >= 15 is 0 Å². The molecule has 0 N–H and O–H groups in total. The molecule has 4 aliphatic carbocycles. The molecule has 6 heteroatoms. The largest absolute Gasteiger partial charge is 0.497 e. The van der Waals surface area contributed by atoms with Gasteiger partial charge in [0, 0.05) is 5.41 Å². The Balaban J connectivity index is 1.49. The van der Waals surface area contributed by atoms with Gasteiger partial charge in [-0.05, 0) is 66.5 Å². The smallest absolute Gasteiger partial charge is 0.318 e. The zero-order valence-corrected chi connectivity index (χ0v) is 21.8. The highest BCUT2D eigenvalue weighted by molar-refractivity contribution is 5.92. The molecule has 0 radical (unpaired) electrons. The lowest BCUT2D eigenvalue weighted by Crippen LogP contribution is -2.66. The summed E-state index contributed by atoms with van der Waals surface area (Å²) in [4.78, 5) is 28.0. The fourth-order valence-corrected chi connectivity index (χ4v) is 9.30. The molecule has 1 aromatic rings. The summed E-state index contributed by atoms with van der Waals surface area (Å²) < 4.78 is 24.1. The first-order chi connectivity index (χ1) is 17.4. The molecule has 6 nitrogen and oxygen atoms in total. The minimum atomic E-state index is -1.06. The van der Waals surface area contributed by atoms with Gasteiger partial charge in [-0.2, -0.15) is 0 Å². The zero-order valence-electron chi connectivity index (χ0n) is 21.8. The predicted molar refractivity (Wildman–Crippen MR) is 133 cm³/mol. The van der Waals surface area contributed by atoms with Gasteiger partial charge in [0.1, 0.15) is 24.1 Å². The van der Waals surface area contributed by atoms with E-state index in [-0.39, 0.29) is 30.3 Å². The van der Waals surface area contributed by atoms with Crippen LogP contribution in [-0.2, 0) is 30.4 Å². The summed E-state index contributed by atoms with van der Waals surface area (Å²) in [7, 11) is 1.63. The molecular weight excluding hydrogens is 456 g/mol. The fourth-order valence-electron chi connectivity index (χ4n) is 9.30. The van der Waals surface area contributed by atoms with Crippen LogP contribution >= 0.6 is 0 Å². The van der Waals surface area contributed by atoms with Gasteiger partial charge in [-0.25, -0.2) is 0 Å². The Hall–Kier alpha value is -2.18. The summed E-state index contributed by atoms with van der Waals surface area (Å²) in [6, 6.07) is 7.57. The molecular formula is C30H38O6. The molecule has 36 heavy (non-hydrogen) atoms. The Kier molecular flexibility index (Phi) is 5.65. The highest BCUT2D eigenvalue weighted by atomic mass is 16.7. The SMILES string of the molecule is COc1ccc(COC(=O)[C@@]23C(C(C)C)=C[C@H]4C[C@]2(C2OCCO2)[C@@H]2CC[C@@H](C)[C@H]2C[C@]43C=O)cc1. The van der Waals surface area contributed by atoms with E-state index in [1.807, 2.05) is 24.3 Å². The molecule has 5 aliphatic rings. The summed E-state index contributed by atoms with van der Waals surface area (Å²) in [6.45, 7) is 7.79. The van der Waals surface area contributed by atoms with E-state index in [2.05, 4.69) is 26.8 Å². The molecule has 6 rings (SSSR count). The topological polar surface area (TPSA) is 71.1 Å². The van der Waals surface area contributed by atoms with Gasteiger partial charge in [0.2, 0.25) is 0 Å². The minimum Gasteiger partial charge on any atom is -0.497 e. The number of allylic oxidation sites excluding steroid dienone is 1. The first-order valence-corrected chi connectivity index (χ1v) is 13.6. The van der Waals surface area contributed by atoms with Crippen LogP contribution < -0.4 is 4.74 Å². The maximum atomic E-state index is 14.7. The number of aldehydes is 1. The van der Waals surface area contributed by atoms with Gasteiger partial charge in [-0.15, -0.1) is 0 Å². The van der Waals surface area contributed by atoms with Crippen LogP contribution in [0.4, 0.5) is 0 Å². The quantitative estimate of drug-likeness (QED) is 0.303. The highest BCUT2D eigenvalue weighted by Crippen LogP contribution is 2.84. The number of benzene rings is 1. The molecule has 3 saturated carbocycles. The van der Waals surface area contributed by atoms with Crippen molar-refractivity contribution < 1.29 is 28.5 Å². The first-order valence-electron chi connectivity index (χ1n) is 13.6. The van der Waals surface area contributed by atoms with Crippen molar-refractivity contribution in [1.29, 1.82) is 0 Å². The molecule has 1 aromatic carbocycles. The fraction of sp³-hybridized carbons (Fsp3) is 0.667. The van der Waals surface area contributed by atoms with Crippen molar-refractivity contribution in [3.8, 4) is 5.75 Å². The molecule has 4 fully saturated rings. The number of rotatable bonds is 7. The van der Waals surface area contributed by atoms with E-state index in [4.69, 9.17) is 18.9 Å². The molecule has 0 amide bonds. The zero-order chi connectivity index (χ0) is 25.3. The van der Waals surface area contributed by atoms with Crippen molar-refractivity contribution in [1.82, 2.24) is 0 Å². The van der Waals surface area contributed by atoms with Gasteiger partial charge in [0.05, 0.1) is 25.7 Å². The molecule has 0 spiro atoms. The van der Waals surface area contributed by atoms with Crippen molar-refractivity contribution in [2.75, 3.05) is 20.3 Å². The van der Waals surface area contributed by atoms with Crippen molar-refractivity contribution in [3.63, 3.8) is 0 Å². The monoisotopic (exact) mass is 494 g/mol. The van der Waals surface area contributed by atoms with Crippen LogP contribution in [0.15, 0.2) is 35.9 Å². The lowest BCUT2D eigenvalue weighted by Gasteiger charge is -2.60. The third kappa shape index (κ3) is 2.80. The van der Waals surface area contributed by atoms with Crippen LogP contribution in [0.1, 0.15) is 52.0 Å². The van der Waals surface area contributed by atoms with Crippen LogP contribution in [0.3, 0.4) is 0 Å². The lowest BCUT2D eigenvalue weighted by atomic mass is 9.42. The van der Waals surface area contributed by atoms with Crippen LogP contribution in [0.5, 0.6) is 5.75 Å². The lowest BCUT2D eigenvalue weighted by molar-refractivity contribution is -0.239. The molecule has 1 heterocycles. The van der Waals surface area contributed by atoms with E-state index in [1.54, 1.807) is 7.11 Å². The Labute approximate surface area is 213 Å². The number of esters is 1. The molecule has 0 aromatic heterocycles. The number of carbonyl (C=O) groups is 2. The standard InChI is InChI=1S/C30H38O6/c1-18(2)25-13-21-14-29(27-34-11-12-35-27)24-10-5-19(3)23(24)15-28(21,17-31)30(25,29)26(32)36-16-20-6-8-22(33-4)9-7-20/h6-9,13,17-19,21,23-24,27H,5,10-12,14-16H2,1-4H3/t19-,21+,23-,24-,28+,29-,30-/m1/s1. The predicted octanol–water partition coefficient (Wildman–Crippen LogP) is 4.95. The van der Waals surface area contributed by atoms with E-state index in [9.17, 15) is 9.59 Å². The third-order valence-electron chi connectivity index (χ3n) is 10.6. The highest BCUT2D eigenvalue weighted by Gasteiger charge is 2.86. The van der Waals surface area contributed by atoms with E-state index in [1.165, 1.54) is 0 Å². The first kappa shape index (κ1) is 24.2. The van der Waals surface area contributed by atoms with Crippen molar-refractivity contribution >= 4 is 12.3 Å². The van der Waals surface area contributed by atoms with Crippen molar-refractivity contribution in [2.45, 2.75) is 59.4 Å². The summed E-state index contributed by atoms with van der Waals surface area (Å²) in [6.07, 6.45) is 6.54. The van der Waals surface area contributed by atoms with Gasteiger partial charge in [0.15, 0.2) is 6.29 Å². The Morgan fingerprint density at radius 1 is 1.14 bits per heavy atom. The Morgan fingerprint density at radius 2 is 1.86 bits per heavy atom. The maximum absolute atomic E-state index is 14.7. The number of methoxy groups -OCH3 is 1. The summed E-state index contributed by atoms with van der Waals surface area (Å²) in [5, 5.41) is 0. The van der Waals surface area contributed by atoms with E-state index < -0.39 is 22.5 Å². The van der Waals surface area contributed by atoms with Crippen LogP contribution in [-0.4, -0.2) is 38.9 Å². The van der Waals surface area contributed by atoms with Gasteiger partial charge >= 0.3 is 5.97 Å². The number of hydrogen-bond acceptors (Lipinski definition) is 6. The average molecular weight is 495 g/mol. The molecule has 194 valence electrons. The van der Waals surface area contributed by atoms with E-state index in [0.29, 0.717) is 25.0 Å². The molecule has 1 aliphatic heterocycles. The molecule has 0 unspecified atom stereocenters. The Bertz CT molecular complexity index is 1070. The Morgan fingerprint density at radius 3 is 2.50 bits per heavy atom. The second-order valence-corrected chi connectivity index (χ2v) is 12.1. The van der Waals surface area contributed by atoms with E-state index in [0.717, 1.165) is 48.9 Å². The van der Waals surface area contributed by atoms with Crippen molar-refractivity contribution in [3.05, 3.63) is 41.5 Å². The molecule has 4 bridgehead atoms. The summed E-state index contributed by atoms with van der Waals surface area (Å²) >= 11 is 0. The number of carbonyl (C=O) groups excluding carboxylic acids is 2. The van der Waals surface area contributed by atoms with Gasteiger partial charge in [-0.3, -0.25) is 4.79 Å². The van der Waals surface area contributed by atoms with Crippen LogP contribution in [0.25, 0.3) is 0 Å². The second kappa shape index (κ2) is 8.42. The van der Waals surface area contributed by atoms with Crippen molar-refractivity contribution in [2.24, 2.45) is 45.8 Å².